The number of ether oxygens (including phenoxy) is 1. The van der Waals surface area contributed by atoms with Gasteiger partial charge >= 0.3 is 12.0 Å². The summed E-state index contributed by atoms with van der Waals surface area (Å²) in [4.78, 5) is 22.0. The topological polar surface area (TPSA) is 87.7 Å². The van der Waals surface area contributed by atoms with Crippen LogP contribution in [0.4, 0.5) is 14.9 Å². The molecule has 1 rings (SSSR count). The molecule has 3 N–H and O–H groups in total. The van der Waals surface area contributed by atoms with Crippen LogP contribution in [-0.4, -0.2) is 30.8 Å². The highest BCUT2D eigenvalue weighted by molar-refractivity contribution is 5.89. The van der Waals surface area contributed by atoms with Crippen molar-refractivity contribution in [2.24, 2.45) is 5.92 Å². The maximum Gasteiger partial charge on any atom is 0.319 e. The highest BCUT2D eigenvalue weighted by atomic mass is 19.1. The van der Waals surface area contributed by atoms with Crippen molar-refractivity contribution in [3.05, 3.63) is 24.0 Å². The number of urea groups is 1. The molecule has 0 fully saturated rings. The molecule has 0 spiro atoms. The summed E-state index contributed by atoms with van der Waals surface area (Å²) >= 11 is 0. The van der Waals surface area contributed by atoms with Crippen LogP contribution in [0.2, 0.25) is 0 Å². The van der Waals surface area contributed by atoms with Crippen LogP contribution in [0.25, 0.3) is 0 Å². The smallest absolute Gasteiger partial charge is 0.319 e. The summed E-state index contributed by atoms with van der Waals surface area (Å²) in [5, 5.41) is 13.4. The molecule has 0 aromatic heterocycles. The SMILES string of the molecule is COc1ccc(F)c(NC(=O)NCC(C)CC(=O)O)c1. The molecular weight excluding hydrogens is 267 g/mol. The quantitative estimate of drug-likeness (QED) is 0.746. The van der Waals surface area contributed by atoms with E-state index in [0.717, 1.165) is 0 Å². The van der Waals surface area contributed by atoms with Gasteiger partial charge in [0.05, 0.1) is 12.8 Å². The van der Waals surface area contributed by atoms with Gasteiger partial charge in [0, 0.05) is 19.0 Å². The summed E-state index contributed by atoms with van der Waals surface area (Å²) in [6.45, 7) is 1.88. The van der Waals surface area contributed by atoms with Crippen molar-refractivity contribution in [3.8, 4) is 5.75 Å². The van der Waals surface area contributed by atoms with E-state index in [1.54, 1.807) is 6.92 Å². The van der Waals surface area contributed by atoms with E-state index in [1.165, 1.54) is 25.3 Å². The minimum Gasteiger partial charge on any atom is -0.497 e. The minimum atomic E-state index is -0.932. The minimum absolute atomic E-state index is 0.00672. The molecule has 0 aliphatic carbocycles. The molecule has 0 saturated heterocycles. The van der Waals surface area contributed by atoms with Gasteiger partial charge in [-0.25, -0.2) is 9.18 Å². The molecule has 1 atom stereocenters. The Morgan fingerprint density at radius 2 is 2.15 bits per heavy atom. The number of benzene rings is 1. The Kier molecular flexibility index (Phi) is 5.76. The highest BCUT2D eigenvalue weighted by Gasteiger charge is 2.11. The number of anilines is 1. The highest BCUT2D eigenvalue weighted by Crippen LogP contribution is 2.20. The van der Waals surface area contributed by atoms with Gasteiger partial charge < -0.3 is 20.5 Å². The lowest BCUT2D eigenvalue weighted by Crippen LogP contribution is -2.33. The molecule has 2 amide bonds. The average molecular weight is 284 g/mol. The summed E-state index contributed by atoms with van der Waals surface area (Å²) in [7, 11) is 1.44. The zero-order valence-electron chi connectivity index (χ0n) is 11.3. The monoisotopic (exact) mass is 284 g/mol. The van der Waals surface area contributed by atoms with Gasteiger partial charge in [0.25, 0.3) is 0 Å². The van der Waals surface area contributed by atoms with E-state index in [9.17, 15) is 14.0 Å². The van der Waals surface area contributed by atoms with Gasteiger partial charge in [-0.3, -0.25) is 4.79 Å². The van der Waals surface area contributed by atoms with Gasteiger partial charge in [0.15, 0.2) is 0 Å². The third-order valence-electron chi connectivity index (χ3n) is 2.56. The zero-order chi connectivity index (χ0) is 15.1. The van der Waals surface area contributed by atoms with Crippen molar-refractivity contribution in [2.75, 3.05) is 19.0 Å². The number of aliphatic carboxylic acids is 1. The summed E-state index contributed by atoms with van der Waals surface area (Å²) in [6.07, 6.45) is -0.0478. The molecule has 0 aliphatic rings. The number of carboxylic acids is 1. The van der Waals surface area contributed by atoms with Crippen LogP contribution in [0, 0.1) is 11.7 Å². The Morgan fingerprint density at radius 1 is 1.45 bits per heavy atom. The van der Waals surface area contributed by atoms with Crippen LogP contribution < -0.4 is 15.4 Å². The van der Waals surface area contributed by atoms with Gasteiger partial charge in [0.2, 0.25) is 0 Å². The molecule has 0 radical (unpaired) electrons. The Bertz CT molecular complexity index is 493. The number of halogens is 1. The first-order valence-electron chi connectivity index (χ1n) is 6.02. The van der Waals surface area contributed by atoms with E-state index >= 15 is 0 Å². The van der Waals surface area contributed by atoms with Gasteiger partial charge in [0.1, 0.15) is 11.6 Å². The number of carbonyl (C=O) groups is 2. The first kappa shape index (κ1) is 15.7. The van der Waals surface area contributed by atoms with Gasteiger partial charge in [-0.05, 0) is 18.1 Å². The summed E-state index contributed by atoms with van der Waals surface area (Å²) in [5.41, 5.74) is -0.00672. The Morgan fingerprint density at radius 3 is 2.75 bits per heavy atom. The molecule has 1 aromatic carbocycles. The van der Waals surface area contributed by atoms with Crippen LogP contribution in [-0.2, 0) is 4.79 Å². The number of hydrogen-bond donors (Lipinski definition) is 3. The molecular formula is C13H17FN2O4. The second-order valence-corrected chi connectivity index (χ2v) is 4.38. The molecule has 0 bridgehead atoms. The van der Waals surface area contributed by atoms with Crippen LogP contribution in [0.5, 0.6) is 5.75 Å². The molecule has 110 valence electrons. The van der Waals surface area contributed by atoms with E-state index in [4.69, 9.17) is 9.84 Å². The largest absolute Gasteiger partial charge is 0.497 e. The fourth-order valence-corrected chi connectivity index (χ4v) is 1.53. The van der Waals surface area contributed by atoms with Crippen molar-refractivity contribution < 1.29 is 23.8 Å². The number of methoxy groups -OCH3 is 1. The Balaban J connectivity index is 2.52. The maximum absolute atomic E-state index is 13.5. The van der Waals surface area contributed by atoms with Gasteiger partial charge in [-0.15, -0.1) is 0 Å². The van der Waals surface area contributed by atoms with Crippen LogP contribution in [0.1, 0.15) is 13.3 Å². The second kappa shape index (κ2) is 7.32. The predicted octanol–water partition coefficient (Wildman–Crippen LogP) is 2.07. The van der Waals surface area contributed by atoms with E-state index in [2.05, 4.69) is 10.6 Å². The first-order valence-corrected chi connectivity index (χ1v) is 6.02. The summed E-state index contributed by atoms with van der Waals surface area (Å²) < 4.78 is 18.4. The molecule has 7 heteroatoms. The van der Waals surface area contributed by atoms with Crippen molar-refractivity contribution in [1.82, 2.24) is 5.32 Å². The normalized spacial score (nSPS) is 11.6. The summed E-state index contributed by atoms with van der Waals surface area (Å²) in [6, 6.07) is 3.37. The van der Waals surface area contributed by atoms with E-state index in [1.807, 2.05) is 0 Å². The fourth-order valence-electron chi connectivity index (χ4n) is 1.53. The maximum atomic E-state index is 13.5. The lowest BCUT2D eigenvalue weighted by Gasteiger charge is -2.12. The third-order valence-corrected chi connectivity index (χ3v) is 2.56. The Labute approximate surface area is 115 Å². The molecule has 1 unspecified atom stereocenters. The van der Waals surface area contributed by atoms with Crippen molar-refractivity contribution in [2.45, 2.75) is 13.3 Å². The zero-order valence-corrected chi connectivity index (χ0v) is 11.3. The van der Waals surface area contributed by atoms with Crippen LogP contribution in [0.15, 0.2) is 18.2 Å². The molecule has 6 nitrogen and oxygen atoms in total. The van der Waals surface area contributed by atoms with Gasteiger partial charge in [-0.2, -0.15) is 0 Å². The lowest BCUT2D eigenvalue weighted by atomic mass is 10.1. The number of hydrogen-bond acceptors (Lipinski definition) is 3. The standard InChI is InChI=1S/C13H17FN2O4/c1-8(5-12(17)18)7-15-13(19)16-11-6-9(20-2)3-4-10(11)14/h3-4,6,8H,5,7H2,1-2H3,(H,17,18)(H2,15,16,19). The molecule has 0 aliphatic heterocycles. The number of carboxylic acid groups (broad SMARTS) is 1. The summed E-state index contributed by atoms with van der Waals surface area (Å²) in [5.74, 6) is -1.31. The van der Waals surface area contributed by atoms with Crippen LogP contribution >= 0.6 is 0 Å². The molecule has 0 saturated carbocycles. The van der Waals surface area contributed by atoms with Crippen LogP contribution in [0.3, 0.4) is 0 Å². The number of amides is 2. The lowest BCUT2D eigenvalue weighted by molar-refractivity contribution is -0.137. The predicted molar refractivity (Wildman–Crippen MR) is 71.4 cm³/mol. The molecule has 1 aromatic rings. The first-order chi connectivity index (χ1) is 9.42. The number of rotatable bonds is 6. The number of nitrogens with one attached hydrogen (secondary N) is 2. The second-order valence-electron chi connectivity index (χ2n) is 4.38. The van der Waals surface area contributed by atoms with E-state index < -0.39 is 17.8 Å². The van der Waals surface area contributed by atoms with Crippen molar-refractivity contribution >= 4 is 17.7 Å². The Hall–Kier alpha value is -2.31. The fraction of sp³-hybridized carbons (Fsp3) is 0.385. The van der Waals surface area contributed by atoms with Gasteiger partial charge in [-0.1, -0.05) is 6.92 Å². The molecule has 20 heavy (non-hydrogen) atoms. The van der Waals surface area contributed by atoms with E-state index in [0.29, 0.717) is 5.75 Å². The third kappa shape index (κ3) is 5.13. The molecule has 0 heterocycles. The average Bonchev–Trinajstić information content (AvgIpc) is 2.38. The number of carbonyl (C=O) groups excluding carboxylic acids is 1. The van der Waals surface area contributed by atoms with Crippen molar-refractivity contribution in [3.63, 3.8) is 0 Å². The van der Waals surface area contributed by atoms with Crippen molar-refractivity contribution in [1.29, 1.82) is 0 Å². The van der Waals surface area contributed by atoms with E-state index in [-0.39, 0.29) is 24.6 Å².